The fourth-order valence-electron chi connectivity index (χ4n) is 1.94. The van der Waals surface area contributed by atoms with E-state index < -0.39 is 29.1 Å². The average molecular weight is 340 g/mol. The van der Waals surface area contributed by atoms with Crippen molar-refractivity contribution in [2.45, 2.75) is 0 Å². The summed E-state index contributed by atoms with van der Waals surface area (Å²) in [6.45, 7) is 0.537. The van der Waals surface area contributed by atoms with Gasteiger partial charge in [-0.25, -0.2) is 4.79 Å². The molecule has 1 aromatic carbocycles. The molecule has 0 bridgehead atoms. The zero-order valence-electron chi connectivity index (χ0n) is 12.9. The number of carbonyl (C=O) groups excluding carboxylic acids is 2. The molecule has 10 heteroatoms. The Labute approximate surface area is 136 Å². The van der Waals surface area contributed by atoms with Crippen LogP contribution in [0.4, 0.5) is 5.69 Å². The number of amides is 1. The van der Waals surface area contributed by atoms with E-state index in [1.54, 1.807) is 0 Å². The largest absolute Gasteiger partial charge is 0.486 e. The van der Waals surface area contributed by atoms with Crippen molar-refractivity contribution in [3.8, 4) is 11.5 Å². The highest BCUT2D eigenvalue weighted by molar-refractivity contribution is 5.96. The zero-order valence-corrected chi connectivity index (χ0v) is 12.9. The van der Waals surface area contributed by atoms with Gasteiger partial charge in [-0.05, 0) is 0 Å². The maximum Gasteiger partial charge on any atom is 0.345 e. The van der Waals surface area contributed by atoms with Gasteiger partial charge in [0.25, 0.3) is 11.6 Å². The molecule has 1 N–H and O–H groups in total. The summed E-state index contributed by atoms with van der Waals surface area (Å²) in [5.41, 5.74) is -0.794. The number of hydrogen-bond acceptors (Lipinski definition) is 8. The van der Waals surface area contributed by atoms with Crippen molar-refractivity contribution in [3.05, 3.63) is 27.8 Å². The van der Waals surface area contributed by atoms with Crippen LogP contribution in [0.5, 0.6) is 11.5 Å². The van der Waals surface area contributed by atoms with Crippen LogP contribution in [0.15, 0.2) is 12.1 Å². The molecule has 130 valence electrons. The van der Waals surface area contributed by atoms with Crippen LogP contribution in [0, 0.1) is 10.1 Å². The second kappa shape index (κ2) is 8.11. The van der Waals surface area contributed by atoms with Gasteiger partial charge in [0.2, 0.25) is 0 Å². The number of esters is 1. The first-order valence-electron chi connectivity index (χ1n) is 7.03. The van der Waals surface area contributed by atoms with E-state index in [1.807, 2.05) is 0 Å². The molecule has 1 aromatic rings. The molecule has 2 rings (SSSR count). The summed E-state index contributed by atoms with van der Waals surface area (Å²) < 4.78 is 20.1. The summed E-state index contributed by atoms with van der Waals surface area (Å²) in [4.78, 5) is 33.9. The van der Waals surface area contributed by atoms with Crippen LogP contribution < -0.4 is 14.8 Å². The van der Waals surface area contributed by atoms with Crippen molar-refractivity contribution in [2.75, 3.05) is 40.1 Å². The Bertz CT molecular complexity index is 646. The molecule has 0 aromatic heterocycles. The molecule has 0 radical (unpaired) electrons. The fraction of sp³-hybridized carbons (Fsp3) is 0.429. The number of nitrogens with one attached hydrogen (secondary N) is 1. The molecule has 1 aliphatic heterocycles. The molecule has 0 fully saturated rings. The maximum absolute atomic E-state index is 12.1. The minimum absolute atomic E-state index is 0.182. The molecule has 0 saturated heterocycles. The first kappa shape index (κ1) is 17.5. The van der Waals surface area contributed by atoms with Crippen molar-refractivity contribution in [1.82, 2.24) is 5.32 Å². The van der Waals surface area contributed by atoms with Crippen molar-refractivity contribution in [2.24, 2.45) is 0 Å². The maximum atomic E-state index is 12.1. The zero-order chi connectivity index (χ0) is 17.5. The molecule has 0 spiro atoms. The van der Waals surface area contributed by atoms with Crippen molar-refractivity contribution >= 4 is 17.6 Å². The molecule has 0 aliphatic carbocycles. The van der Waals surface area contributed by atoms with Crippen molar-refractivity contribution in [3.63, 3.8) is 0 Å². The SMILES string of the molecule is COCCNC(=O)COC(=O)c1cc2c(cc1[N+](=O)[O-])OCCO2. The third-order valence-corrected chi connectivity index (χ3v) is 3.04. The van der Waals surface area contributed by atoms with Gasteiger partial charge in [-0.3, -0.25) is 14.9 Å². The lowest BCUT2D eigenvalue weighted by Gasteiger charge is -2.18. The van der Waals surface area contributed by atoms with E-state index in [0.717, 1.165) is 6.07 Å². The van der Waals surface area contributed by atoms with E-state index >= 15 is 0 Å². The minimum Gasteiger partial charge on any atom is -0.486 e. The number of nitro groups is 1. The van der Waals surface area contributed by atoms with Crippen LogP contribution in [0.25, 0.3) is 0 Å². The Morgan fingerprint density at radius 3 is 2.58 bits per heavy atom. The van der Waals surface area contributed by atoms with E-state index in [1.165, 1.54) is 13.2 Å². The van der Waals surface area contributed by atoms with E-state index in [4.69, 9.17) is 18.9 Å². The molecule has 1 aliphatic rings. The minimum atomic E-state index is -0.999. The summed E-state index contributed by atoms with van der Waals surface area (Å²) in [5.74, 6) is -1.15. The number of hydrogen-bond donors (Lipinski definition) is 1. The lowest BCUT2D eigenvalue weighted by atomic mass is 10.1. The predicted octanol–water partition coefficient (Wildman–Crippen LogP) is 0.285. The van der Waals surface area contributed by atoms with E-state index in [0.29, 0.717) is 6.61 Å². The summed E-state index contributed by atoms with van der Waals surface area (Å²) in [5, 5.41) is 13.6. The highest BCUT2D eigenvalue weighted by Crippen LogP contribution is 2.36. The van der Waals surface area contributed by atoms with Gasteiger partial charge in [0.1, 0.15) is 18.8 Å². The third-order valence-electron chi connectivity index (χ3n) is 3.04. The number of nitro benzene ring substituents is 1. The van der Waals surface area contributed by atoms with Crippen molar-refractivity contribution < 1.29 is 33.5 Å². The van der Waals surface area contributed by atoms with Crippen LogP contribution >= 0.6 is 0 Å². The van der Waals surface area contributed by atoms with E-state index in [-0.39, 0.29) is 36.8 Å². The molecule has 0 saturated carbocycles. The second-order valence-electron chi connectivity index (χ2n) is 4.69. The summed E-state index contributed by atoms with van der Waals surface area (Å²) in [7, 11) is 1.48. The molecular formula is C14H16N2O8. The van der Waals surface area contributed by atoms with Gasteiger partial charge in [0.05, 0.1) is 17.6 Å². The number of rotatable bonds is 7. The van der Waals surface area contributed by atoms with Crippen molar-refractivity contribution in [1.29, 1.82) is 0 Å². The highest BCUT2D eigenvalue weighted by atomic mass is 16.6. The fourth-order valence-corrected chi connectivity index (χ4v) is 1.94. The first-order valence-corrected chi connectivity index (χ1v) is 7.03. The number of nitrogens with zero attached hydrogens (tertiary/aromatic N) is 1. The lowest BCUT2D eigenvalue weighted by molar-refractivity contribution is -0.385. The Balaban J connectivity index is 2.07. The number of fused-ring (bicyclic) bond motifs is 1. The van der Waals surface area contributed by atoms with Gasteiger partial charge in [-0.15, -0.1) is 0 Å². The van der Waals surface area contributed by atoms with Crippen LogP contribution in [0.2, 0.25) is 0 Å². The molecule has 24 heavy (non-hydrogen) atoms. The Kier molecular flexibility index (Phi) is 5.90. The molecule has 1 heterocycles. The Morgan fingerprint density at radius 1 is 1.29 bits per heavy atom. The van der Waals surface area contributed by atoms with Gasteiger partial charge >= 0.3 is 5.97 Å². The second-order valence-corrected chi connectivity index (χ2v) is 4.69. The standard InChI is InChI=1S/C14H16N2O8/c1-21-3-2-15-13(17)8-24-14(18)9-6-11-12(23-5-4-22-11)7-10(9)16(19)20/h6-7H,2-5,8H2,1H3,(H,15,17). The first-order chi connectivity index (χ1) is 11.5. The summed E-state index contributed by atoms with van der Waals surface area (Å²) in [6.07, 6.45) is 0. The summed E-state index contributed by atoms with van der Waals surface area (Å²) in [6, 6.07) is 2.28. The molecule has 10 nitrogen and oxygen atoms in total. The van der Waals surface area contributed by atoms with Gasteiger partial charge in [0.15, 0.2) is 18.1 Å². The Morgan fingerprint density at radius 2 is 1.96 bits per heavy atom. The molecule has 1 amide bonds. The number of methoxy groups -OCH3 is 1. The van der Waals surface area contributed by atoms with Gasteiger partial charge in [-0.1, -0.05) is 0 Å². The number of benzene rings is 1. The van der Waals surface area contributed by atoms with E-state index in [2.05, 4.69) is 5.32 Å². The molecular weight excluding hydrogens is 324 g/mol. The average Bonchev–Trinajstić information content (AvgIpc) is 2.58. The van der Waals surface area contributed by atoms with Gasteiger partial charge in [-0.2, -0.15) is 0 Å². The van der Waals surface area contributed by atoms with Gasteiger partial charge in [0, 0.05) is 19.7 Å². The topological polar surface area (TPSA) is 126 Å². The number of ether oxygens (including phenoxy) is 4. The van der Waals surface area contributed by atoms with E-state index in [9.17, 15) is 19.7 Å². The normalized spacial score (nSPS) is 12.4. The lowest BCUT2D eigenvalue weighted by Crippen LogP contribution is -2.31. The van der Waals surface area contributed by atoms with Gasteiger partial charge < -0.3 is 24.3 Å². The summed E-state index contributed by atoms with van der Waals surface area (Å²) >= 11 is 0. The predicted molar refractivity (Wildman–Crippen MR) is 79.3 cm³/mol. The van der Waals surface area contributed by atoms with Crippen LogP contribution in [-0.2, 0) is 14.3 Å². The van der Waals surface area contributed by atoms with Crippen LogP contribution in [0.3, 0.4) is 0 Å². The number of carbonyl (C=O) groups is 2. The Hall–Kier alpha value is -2.88. The molecule has 0 unspecified atom stereocenters. The quantitative estimate of drug-likeness (QED) is 0.325. The monoisotopic (exact) mass is 340 g/mol. The smallest absolute Gasteiger partial charge is 0.345 e. The van der Waals surface area contributed by atoms with Crippen LogP contribution in [-0.4, -0.2) is 56.9 Å². The molecule has 0 atom stereocenters. The van der Waals surface area contributed by atoms with Crippen LogP contribution in [0.1, 0.15) is 10.4 Å². The third kappa shape index (κ3) is 4.32. The highest BCUT2D eigenvalue weighted by Gasteiger charge is 2.27.